The van der Waals surface area contributed by atoms with Gasteiger partial charge < -0.3 is 10.2 Å². The molecule has 110 valence electrons. The molecule has 3 heterocycles. The number of rotatable bonds is 2. The summed E-state index contributed by atoms with van der Waals surface area (Å²) in [6.07, 6.45) is 3.90. The molecule has 1 aromatic heterocycles. The Morgan fingerprint density at radius 3 is 2.67 bits per heavy atom. The van der Waals surface area contributed by atoms with Crippen molar-refractivity contribution < 1.29 is 0 Å². The van der Waals surface area contributed by atoms with Gasteiger partial charge in [-0.3, -0.25) is 0 Å². The molecule has 4 nitrogen and oxygen atoms in total. The van der Waals surface area contributed by atoms with Crippen LogP contribution in [0.2, 0.25) is 0 Å². The molecule has 21 heavy (non-hydrogen) atoms. The van der Waals surface area contributed by atoms with Crippen molar-refractivity contribution in [2.75, 3.05) is 31.1 Å². The molecule has 2 saturated heterocycles. The van der Waals surface area contributed by atoms with E-state index in [9.17, 15) is 0 Å². The van der Waals surface area contributed by atoms with Gasteiger partial charge in [0.25, 0.3) is 0 Å². The third-order valence-corrected chi connectivity index (χ3v) is 5.84. The summed E-state index contributed by atoms with van der Waals surface area (Å²) in [6.45, 7) is 4.61. The van der Waals surface area contributed by atoms with E-state index in [1.165, 1.54) is 32.4 Å². The van der Waals surface area contributed by atoms with Crippen molar-refractivity contribution in [1.82, 2.24) is 15.5 Å². The van der Waals surface area contributed by atoms with Crippen LogP contribution in [0.4, 0.5) is 5.13 Å². The van der Waals surface area contributed by atoms with Gasteiger partial charge in [-0.25, -0.2) is 0 Å². The summed E-state index contributed by atoms with van der Waals surface area (Å²) in [6, 6.07) is 10.3. The molecule has 0 unspecified atom stereocenters. The number of piperidine rings is 1. The van der Waals surface area contributed by atoms with Crippen LogP contribution in [0, 0.1) is 5.41 Å². The van der Waals surface area contributed by atoms with Gasteiger partial charge in [0, 0.05) is 18.7 Å². The number of hydrogen-bond acceptors (Lipinski definition) is 5. The molecule has 2 aliphatic heterocycles. The maximum atomic E-state index is 4.43. The fraction of sp³-hybridized carbons (Fsp3) is 0.500. The predicted molar refractivity (Wildman–Crippen MR) is 86.7 cm³/mol. The minimum Gasteiger partial charge on any atom is -0.346 e. The van der Waals surface area contributed by atoms with Gasteiger partial charge in [0.2, 0.25) is 5.13 Å². The fourth-order valence-electron chi connectivity index (χ4n) is 3.50. The molecule has 2 aromatic rings. The van der Waals surface area contributed by atoms with Crippen molar-refractivity contribution in [3.05, 3.63) is 30.3 Å². The highest BCUT2D eigenvalue weighted by Crippen LogP contribution is 2.41. The van der Waals surface area contributed by atoms with Crippen LogP contribution >= 0.6 is 11.3 Å². The summed E-state index contributed by atoms with van der Waals surface area (Å²) in [4.78, 5) is 2.44. The molecule has 0 atom stereocenters. The van der Waals surface area contributed by atoms with E-state index in [4.69, 9.17) is 0 Å². The quantitative estimate of drug-likeness (QED) is 0.926. The lowest BCUT2D eigenvalue weighted by atomic mass is 9.78. The molecular weight excluding hydrogens is 280 g/mol. The second-order valence-corrected chi connectivity index (χ2v) is 7.13. The smallest absolute Gasteiger partial charge is 0.208 e. The standard InChI is InChI=1S/C16H20N4S/c1-2-4-13(5-3-1)14-18-19-15(21-14)20-11-8-16(12-20)6-9-17-10-7-16/h1-5,17H,6-12H2. The van der Waals surface area contributed by atoms with Gasteiger partial charge in [0.05, 0.1) is 0 Å². The van der Waals surface area contributed by atoms with E-state index >= 15 is 0 Å². The zero-order valence-corrected chi connectivity index (χ0v) is 12.9. The van der Waals surface area contributed by atoms with Crippen LogP contribution in [0.25, 0.3) is 10.6 Å². The summed E-state index contributed by atoms with van der Waals surface area (Å²) in [5, 5.41) is 14.4. The largest absolute Gasteiger partial charge is 0.346 e. The molecule has 0 bridgehead atoms. The topological polar surface area (TPSA) is 41.1 Å². The lowest BCUT2D eigenvalue weighted by Crippen LogP contribution is -2.38. The summed E-state index contributed by atoms with van der Waals surface area (Å²) in [7, 11) is 0. The second kappa shape index (κ2) is 5.39. The first-order valence-corrected chi connectivity index (χ1v) is 8.51. The number of benzene rings is 1. The first-order chi connectivity index (χ1) is 10.3. The molecule has 0 aliphatic carbocycles. The van der Waals surface area contributed by atoms with E-state index in [-0.39, 0.29) is 0 Å². The molecule has 4 rings (SSSR count). The van der Waals surface area contributed by atoms with Crippen molar-refractivity contribution in [1.29, 1.82) is 0 Å². The van der Waals surface area contributed by atoms with Crippen LogP contribution < -0.4 is 10.2 Å². The highest BCUT2D eigenvalue weighted by molar-refractivity contribution is 7.18. The average molecular weight is 300 g/mol. The predicted octanol–water partition coefficient (Wildman–Crippen LogP) is 2.79. The number of anilines is 1. The SMILES string of the molecule is c1ccc(-c2nnc(N3CCC4(CCNCC4)C3)s2)cc1. The third-order valence-electron chi connectivity index (χ3n) is 4.81. The van der Waals surface area contributed by atoms with Gasteiger partial charge in [0.1, 0.15) is 5.01 Å². The summed E-state index contributed by atoms with van der Waals surface area (Å²) in [5.74, 6) is 0. The van der Waals surface area contributed by atoms with Crippen molar-refractivity contribution >= 4 is 16.5 Å². The number of hydrogen-bond donors (Lipinski definition) is 1. The van der Waals surface area contributed by atoms with Gasteiger partial charge in [0.15, 0.2) is 0 Å². The normalized spacial score (nSPS) is 21.0. The Bertz CT molecular complexity index is 604. The molecule has 5 heteroatoms. The Kier molecular flexibility index (Phi) is 3.39. The zero-order valence-electron chi connectivity index (χ0n) is 12.1. The van der Waals surface area contributed by atoms with E-state index in [1.807, 2.05) is 6.07 Å². The van der Waals surface area contributed by atoms with E-state index < -0.39 is 0 Å². The first-order valence-electron chi connectivity index (χ1n) is 7.69. The summed E-state index contributed by atoms with van der Waals surface area (Å²) in [5.41, 5.74) is 1.68. The molecule has 0 saturated carbocycles. The van der Waals surface area contributed by atoms with Crippen LogP contribution in [-0.4, -0.2) is 36.4 Å². The van der Waals surface area contributed by atoms with E-state index in [1.54, 1.807) is 11.3 Å². The average Bonchev–Trinajstić information content (AvgIpc) is 3.17. The fourth-order valence-corrected chi connectivity index (χ4v) is 4.38. The maximum Gasteiger partial charge on any atom is 0.208 e. The van der Waals surface area contributed by atoms with Gasteiger partial charge >= 0.3 is 0 Å². The van der Waals surface area contributed by atoms with E-state index in [0.717, 1.165) is 28.8 Å². The van der Waals surface area contributed by atoms with Crippen LogP contribution in [0.15, 0.2) is 30.3 Å². The Labute approximate surface area is 129 Å². The second-order valence-electron chi connectivity index (χ2n) is 6.18. The third kappa shape index (κ3) is 2.56. The van der Waals surface area contributed by atoms with Gasteiger partial charge in [-0.1, -0.05) is 41.7 Å². The Morgan fingerprint density at radius 2 is 1.86 bits per heavy atom. The molecule has 1 aromatic carbocycles. The van der Waals surface area contributed by atoms with Gasteiger partial charge in [-0.15, -0.1) is 10.2 Å². The first kappa shape index (κ1) is 13.2. The van der Waals surface area contributed by atoms with E-state index in [0.29, 0.717) is 5.41 Å². The van der Waals surface area contributed by atoms with Crippen molar-refractivity contribution in [2.45, 2.75) is 19.3 Å². The highest BCUT2D eigenvalue weighted by atomic mass is 32.1. The minimum absolute atomic E-state index is 0.518. The monoisotopic (exact) mass is 300 g/mol. The highest BCUT2D eigenvalue weighted by Gasteiger charge is 2.39. The van der Waals surface area contributed by atoms with Gasteiger partial charge in [-0.2, -0.15) is 0 Å². The minimum atomic E-state index is 0.518. The molecule has 2 aliphatic rings. The molecule has 1 spiro atoms. The summed E-state index contributed by atoms with van der Waals surface area (Å²) < 4.78 is 0. The Balaban J connectivity index is 1.52. The van der Waals surface area contributed by atoms with Crippen LogP contribution in [0.5, 0.6) is 0 Å². The molecule has 0 amide bonds. The van der Waals surface area contributed by atoms with Gasteiger partial charge in [-0.05, 0) is 37.8 Å². The lowest BCUT2D eigenvalue weighted by Gasteiger charge is -2.33. The molecular formula is C16H20N4S. The number of aromatic nitrogens is 2. The lowest BCUT2D eigenvalue weighted by molar-refractivity contribution is 0.232. The van der Waals surface area contributed by atoms with Crippen molar-refractivity contribution in [3.63, 3.8) is 0 Å². The Hall–Kier alpha value is -1.46. The zero-order chi connectivity index (χ0) is 14.1. The number of nitrogens with one attached hydrogen (secondary N) is 1. The Morgan fingerprint density at radius 1 is 1.05 bits per heavy atom. The molecule has 0 radical (unpaired) electrons. The van der Waals surface area contributed by atoms with Crippen LogP contribution in [0.3, 0.4) is 0 Å². The van der Waals surface area contributed by atoms with Crippen molar-refractivity contribution in [2.24, 2.45) is 5.41 Å². The number of nitrogens with zero attached hydrogens (tertiary/aromatic N) is 3. The van der Waals surface area contributed by atoms with Crippen molar-refractivity contribution in [3.8, 4) is 10.6 Å². The summed E-state index contributed by atoms with van der Waals surface area (Å²) >= 11 is 1.72. The van der Waals surface area contributed by atoms with E-state index in [2.05, 4.69) is 44.7 Å². The molecule has 1 N–H and O–H groups in total. The van der Waals surface area contributed by atoms with Crippen LogP contribution in [0.1, 0.15) is 19.3 Å². The maximum absolute atomic E-state index is 4.43. The molecule has 2 fully saturated rings. The van der Waals surface area contributed by atoms with Crippen LogP contribution in [-0.2, 0) is 0 Å².